The summed E-state index contributed by atoms with van der Waals surface area (Å²) in [4.78, 5) is 27.8. The second kappa shape index (κ2) is 4.92. The summed E-state index contributed by atoms with van der Waals surface area (Å²) in [5.74, 6) is 2.24. The summed E-state index contributed by atoms with van der Waals surface area (Å²) in [7, 11) is 0. The predicted molar refractivity (Wildman–Crippen MR) is 93.0 cm³/mol. The van der Waals surface area contributed by atoms with E-state index in [9.17, 15) is 9.59 Å². The number of nitrogens with zero attached hydrogens (tertiary/aromatic N) is 1. The van der Waals surface area contributed by atoms with E-state index < -0.39 is 0 Å². The Hall–Kier alpha value is -1.36. The van der Waals surface area contributed by atoms with Gasteiger partial charge in [-0.1, -0.05) is 6.58 Å². The maximum Gasteiger partial charge on any atom is 0.333 e. The number of likely N-dealkylation sites (tertiary alicyclic amines) is 1. The Bertz CT molecular complexity index is 680. The topological polar surface area (TPSA) is 55.8 Å². The van der Waals surface area contributed by atoms with Gasteiger partial charge in [-0.05, 0) is 69.6 Å². The zero-order valence-corrected chi connectivity index (χ0v) is 15.4. The van der Waals surface area contributed by atoms with E-state index in [0.29, 0.717) is 12.0 Å². The Kier molecular flexibility index (Phi) is 2.96. The Morgan fingerprint density at radius 3 is 2.35 bits per heavy atom. The van der Waals surface area contributed by atoms with Gasteiger partial charge in [0, 0.05) is 11.1 Å². The lowest BCUT2D eigenvalue weighted by atomic mass is 9.52. The number of carbonyl (C=O) groups excluding carboxylic acids is 2. The van der Waals surface area contributed by atoms with Gasteiger partial charge in [-0.3, -0.25) is 4.79 Å². The first kappa shape index (κ1) is 15.7. The highest BCUT2D eigenvalue weighted by molar-refractivity contribution is 5.88. The van der Waals surface area contributed by atoms with E-state index in [2.05, 4.69) is 11.5 Å². The lowest BCUT2D eigenvalue weighted by molar-refractivity contribution is -0.161. The van der Waals surface area contributed by atoms with Crippen molar-refractivity contribution in [2.24, 2.45) is 23.7 Å². The Morgan fingerprint density at radius 1 is 1.15 bits per heavy atom. The maximum absolute atomic E-state index is 13.4. The zero-order chi connectivity index (χ0) is 17.8. The molecular weight excluding hydrogens is 330 g/mol. The van der Waals surface area contributed by atoms with E-state index in [1.165, 1.54) is 19.3 Å². The van der Waals surface area contributed by atoms with Crippen LogP contribution >= 0.6 is 0 Å². The summed E-state index contributed by atoms with van der Waals surface area (Å²) in [6, 6.07) is -0.0780. The van der Waals surface area contributed by atoms with Gasteiger partial charge in [0.1, 0.15) is 0 Å². The summed E-state index contributed by atoms with van der Waals surface area (Å²) in [5, 5.41) is 0. The fourth-order valence-corrected chi connectivity index (χ4v) is 7.81. The molecule has 5 nitrogen and oxygen atoms in total. The minimum absolute atomic E-state index is 0.0000286. The SMILES string of the molecule is C=C(C)C(=O)OC1C2CC3C(=O)N(C45CC6CC(CC(C6)C4)C5)C1C3O2. The third-order valence-electron chi connectivity index (χ3n) is 8.22. The largest absolute Gasteiger partial charge is 0.454 e. The molecule has 0 aromatic heterocycles. The minimum atomic E-state index is -0.354. The molecule has 5 heteroatoms. The molecule has 0 aromatic rings. The van der Waals surface area contributed by atoms with Crippen molar-refractivity contribution in [3.05, 3.63) is 12.2 Å². The van der Waals surface area contributed by atoms with Crippen molar-refractivity contribution in [2.75, 3.05) is 0 Å². The van der Waals surface area contributed by atoms with Gasteiger partial charge < -0.3 is 14.4 Å². The van der Waals surface area contributed by atoms with Crippen LogP contribution in [0, 0.1) is 23.7 Å². The summed E-state index contributed by atoms with van der Waals surface area (Å²) in [5.41, 5.74) is 0.412. The first-order chi connectivity index (χ1) is 12.4. The van der Waals surface area contributed by atoms with Crippen LogP contribution in [-0.2, 0) is 19.1 Å². The average molecular weight is 357 g/mol. The molecule has 5 atom stereocenters. The number of amides is 1. The number of hydrogen-bond donors (Lipinski definition) is 0. The second-order valence-electron chi connectivity index (χ2n) is 9.97. The molecule has 4 aliphatic carbocycles. The van der Waals surface area contributed by atoms with Gasteiger partial charge in [-0.25, -0.2) is 4.79 Å². The zero-order valence-electron chi connectivity index (χ0n) is 15.4. The monoisotopic (exact) mass is 357 g/mol. The average Bonchev–Trinajstić information content (AvgIpc) is 3.17. The standard InChI is InChI=1S/C21H27NO4/c1-10(2)20(24)26-18-15-6-14-17(25-15)16(18)22(19(14)23)21-7-11-3-12(8-21)5-13(4-11)9-21/h11-18H,1,3-9H2,2H3. The van der Waals surface area contributed by atoms with Crippen LogP contribution in [0.1, 0.15) is 51.9 Å². The number of rotatable bonds is 3. The van der Waals surface area contributed by atoms with Gasteiger partial charge in [-0.15, -0.1) is 0 Å². The van der Waals surface area contributed by atoms with Gasteiger partial charge in [0.05, 0.1) is 24.2 Å². The van der Waals surface area contributed by atoms with Gasteiger partial charge >= 0.3 is 5.97 Å². The molecule has 7 fully saturated rings. The quantitative estimate of drug-likeness (QED) is 0.575. The van der Waals surface area contributed by atoms with Gasteiger partial charge in [0.15, 0.2) is 6.10 Å². The molecule has 3 heterocycles. The summed E-state index contributed by atoms with van der Waals surface area (Å²) >= 11 is 0. The van der Waals surface area contributed by atoms with Crippen LogP contribution in [0.4, 0.5) is 0 Å². The first-order valence-electron chi connectivity index (χ1n) is 10.3. The highest BCUT2D eigenvalue weighted by Crippen LogP contribution is 2.61. The van der Waals surface area contributed by atoms with E-state index >= 15 is 0 Å². The number of esters is 1. The smallest absolute Gasteiger partial charge is 0.333 e. The molecule has 3 saturated heterocycles. The van der Waals surface area contributed by atoms with Crippen LogP contribution in [0.5, 0.6) is 0 Å². The summed E-state index contributed by atoms with van der Waals surface area (Å²) < 4.78 is 12.0. The van der Waals surface area contributed by atoms with Crippen molar-refractivity contribution in [1.29, 1.82) is 0 Å². The molecule has 5 unspecified atom stereocenters. The van der Waals surface area contributed by atoms with E-state index in [0.717, 1.165) is 37.0 Å². The predicted octanol–water partition coefficient (Wildman–Crippen LogP) is 2.44. The van der Waals surface area contributed by atoms with Crippen LogP contribution in [0.3, 0.4) is 0 Å². The van der Waals surface area contributed by atoms with Gasteiger partial charge in [0.25, 0.3) is 0 Å². The van der Waals surface area contributed by atoms with Gasteiger partial charge in [0.2, 0.25) is 5.91 Å². The maximum atomic E-state index is 13.4. The van der Waals surface area contributed by atoms with E-state index in [1.807, 2.05) is 0 Å². The number of fused-ring (bicyclic) bond motifs is 1. The van der Waals surface area contributed by atoms with E-state index in [-0.39, 0.29) is 47.7 Å². The molecule has 7 aliphatic rings. The Morgan fingerprint density at radius 2 is 1.77 bits per heavy atom. The number of hydrogen-bond acceptors (Lipinski definition) is 4. The first-order valence-corrected chi connectivity index (χ1v) is 10.3. The van der Waals surface area contributed by atoms with Crippen molar-refractivity contribution >= 4 is 11.9 Å². The normalized spacial score (nSPS) is 52.8. The van der Waals surface area contributed by atoms with Gasteiger partial charge in [-0.2, -0.15) is 0 Å². The molecule has 0 aromatic carbocycles. The molecule has 3 aliphatic heterocycles. The van der Waals surface area contributed by atoms with Crippen LogP contribution in [0.25, 0.3) is 0 Å². The molecule has 140 valence electrons. The molecule has 1 amide bonds. The third kappa shape index (κ3) is 1.85. The molecule has 4 saturated carbocycles. The van der Waals surface area contributed by atoms with Crippen molar-refractivity contribution in [3.8, 4) is 0 Å². The lowest BCUT2D eigenvalue weighted by Crippen LogP contribution is -2.64. The van der Waals surface area contributed by atoms with Crippen LogP contribution in [0.15, 0.2) is 12.2 Å². The second-order valence-corrected chi connectivity index (χ2v) is 9.97. The number of ether oxygens (including phenoxy) is 2. The Balaban J connectivity index is 1.37. The molecule has 0 spiro atoms. The highest BCUT2D eigenvalue weighted by Gasteiger charge is 2.70. The summed E-state index contributed by atoms with van der Waals surface area (Å²) in [6.45, 7) is 5.39. The van der Waals surface area contributed by atoms with E-state index in [4.69, 9.17) is 9.47 Å². The molecule has 26 heavy (non-hydrogen) atoms. The summed E-state index contributed by atoms with van der Waals surface area (Å²) in [6.07, 6.45) is 7.68. The molecular formula is C21H27NO4. The molecule has 7 rings (SSSR count). The van der Waals surface area contributed by atoms with Crippen molar-refractivity contribution in [3.63, 3.8) is 0 Å². The van der Waals surface area contributed by atoms with Crippen LogP contribution in [-0.4, -0.2) is 46.7 Å². The van der Waals surface area contributed by atoms with Crippen molar-refractivity contribution in [1.82, 2.24) is 4.90 Å². The molecule has 6 bridgehead atoms. The Labute approximate surface area is 154 Å². The van der Waals surface area contributed by atoms with Crippen LogP contribution < -0.4 is 0 Å². The third-order valence-corrected chi connectivity index (χ3v) is 8.22. The van der Waals surface area contributed by atoms with Crippen molar-refractivity contribution < 1.29 is 19.1 Å². The fraction of sp³-hybridized carbons (Fsp3) is 0.810. The molecule has 0 N–H and O–H groups in total. The number of carbonyl (C=O) groups is 2. The van der Waals surface area contributed by atoms with Crippen LogP contribution in [0.2, 0.25) is 0 Å². The lowest BCUT2D eigenvalue weighted by Gasteiger charge is -2.61. The molecule has 0 radical (unpaired) electrons. The van der Waals surface area contributed by atoms with E-state index in [1.54, 1.807) is 6.92 Å². The highest BCUT2D eigenvalue weighted by atomic mass is 16.6. The van der Waals surface area contributed by atoms with Crippen molar-refractivity contribution in [2.45, 2.75) is 81.8 Å². The minimum Gasteiger partial charge on any atom is -0.454 e. The fourth-order valence-electron chi connectivity index (χ4n) is 7.81.